The molecule has 1 aromatic heterocycles. The van der Waals surface area contributed by atoms with Crippen LogP contribution in [-0.4, -0.2) is 52.5 Å². The van der Waals surface area contributed by atoms with E-state index in [2.05, 4.69) is 15.3 Å². The first-order valence-electron chi connectivity index (χ1n) is 6.61. The molecule has 6 heteroatoms. The van der Waals surface area contributed by atoms with Crippen molar-refractivity contribution < 1.29 is 10.2 Å². The second-order valence-corrected chi connectivity index (χ2v) is 5.32. The Hall–Kier alpha value is -1.40. The first kappa shape index (κ1) is 14.0. The van der Waals surface area contributed by atoms with E-state index in [0.29, 0.717) is 13.1 Å². The van der Waals surface area contributed by atoms with Crippen LogP contribution in [0.3, 0.4) is 0 Å². The van der Waals surface area contributed by atoms with Gasteiger partial charge in [0, 0.05) is 31.6 Å². The third-order valence-electron chi connectivity index (χ3n) is 3.45. The fraction of sp³-hybridized carbons (Fsp3) is 0.692. The van der Waals surface area contributed by atoms with Crippen LogP contribution in [0.4, 0.5) is 11.6 Å². The van der Waals surface area contributed by atoms with Crippen molar-refractivity contribution in [2.45, 2.75) is 38.9 Å². The predicted octanol–water partition coefficient (Wildman–Crippen LogP) is 0.492. The summed E-state index contributed by atoms with van der Waals surface area (Å²) in [7, 11) is 1.83. The quantitative estimate of drug-likeness (QED) is 0.739. The lowest BCUT2D eigenvalue weighted by molar-refractivity contribution is 0.0572. The summed E-state index contributed by atoms with van der Waals surface area (Å²) >= 11 is 0. The minimum atomic E-state index is -0.713. The van der Waals surface area contributed by atoms with Crippen LogP contribution >= 0.6 is 0 Å². The zero-order valence-electron chi connectivity index (χ0n) is 11.9. The Labute approximate surface area is 113 Å². The van der Waals surface area contributed by atoms with Gasteiger partial charge in [-0.2, -0.15) is 0 Å². The van der Waals surface area contributed by atoms with Gasteiger partial charge >= 0.3 is 0 Å². The van der Waals surface area contributed by atoms with Crippen molar-refractivity contribution >= 4 is 11.6 Å². The summed E-state index contributed by atoms with van der Waals surface area (Å²) in [6, 6.07) is 0. The van der Waals surface area contributed by atoms with Crippen molar-refractivity contribution in [3.05, 3.63) is 11.4 Å². The van der Waals surface area contributed by atoms with Gasteiger partial charge in [-0.25, -0.2) is 9.97 Å². The van der Waals surface area contributed by atoms with Gasteiger partial charge in [-0.3, -0.25) is 0 Å². The van der Waals surface area contributed by atoms with Crippen molar-refractivity contribution in [2.24, 2.45) is 0 Å². The number of hydrogen-bond acceptors (Lipinski definition) is 6. The van der Waals surface area contributed by atoms with Crippen LogP contribution < -0.4 is 10.2 Å². The highest BCUT2D eigenvalue weighted by Crippen LogP contribution is 2.28. The molecule has 0 saturated carbocycles. The molecule has 2 unspecified atom stereocenters. The van der Waals surface area contributed by atoms with Gasteiger partial charge < -0.3 is 20.4 Å². The molecule has 2 rings (SSSR count). The van der Waals surface area contributed by atoms with Gasteiger partial charge in [-0.1, -0.05) is 13.8 Å². The number of β-amino-alcohol motifs (C(OH)–C–C–N with tert-alkyl or cyclic N) is 2. The summed E-state index contributed by atoms with van der Waals surface area (Å²) in [6.07, 6.45) is -1.43. The van der Waals surface area contributed by atoms with Gasteiger partial charge in [0.25, 0.3) is 0 Å². The summed E-state index contributed by atoms with van der Waals surface area (Å²) in [5.41, 5.74) is 0.938. The molecular formula is C13H22N4O2. The van der Waals surface area contributed by atoms with Gasteiger partial charge in [0.1, 0.15) is 17.5 Å². The van der Waals surface area contributed by atoms with Crippen LogP contribution in [0.5, 0.6) is 0 Å². The predicted molar refractivity (Wildman–Crippen MR) is 74.6 cm³/mol. The van der Waals surface area contributed by atoms with E-state index in [4.69, 9.17) is 0 Å². The number of nitrogens with zero attached hydrogens (tertiary/aromatic N) is 3. The number of aliphatic hydroxyl groups excluding tert-OH is 2. The Bertz CT molecular complexity index is 454. The first-order chi connectivity index (χ1) is 8.93. The van der Waals surface area contributed by atoms with Crippen molar-refractivity contribution in [3.63, 3.8) is 0 Å². The van der Waals surface area contributed by atoms with E-state index in [1.54, 1.807) is 0 Å². The number of hydrogen-bond donors (Lipinski definition) is 3. The average Bonchev–Trinajstić information content (AvgIpc) is 2.69. The van der Waals surface area contributed by atoms with Crippen LogP contribution in [0.25, 0.3) is 0 Å². The van der Waals surface area contributed by atoms with Crippen LogP contribution in [0.15, 0.2) is 0 Å². The largest absolute Gasteiger partial charge is 0.389 e. The number of aliphatic hydroxyl groups is 2. The minimum absolute atomic E-state index is 0.226. The van der Waals surface area contributed by atoms with Crippen molar-refractivity contribution in [2.75, 3.05) is 30.4 Å². The normalized spacial score (nSPS) is 23.2. The second-order valence-electron chi connectivity index (χ2n) is 5.32. The van der Waals surface area contributed by atoms with Crippen LogP contribution in [0.1, 0.15) is 31.2 Å². The summed E-state index contributed by atoms with van der Waals surface area (Å²) in [5.74, 6) is 2.58. The number of anilines is 2. The molecule has 106 valence electrons. The monoisotopic (exact) mass is 266 g/mol. The van der Waals surface area contributed by atoms with E-state index in [9.17, 15) is 10.2 Å². The van der Waals surface area contributed by atoms with E-state index in [-0.39, 0.29) is 5.92 Å². The maximum absolute atomic E-state index is 9.67. The molecule has 1 aliphatic heterocycles. The van der Waals surface area contributed by atoms with Crippen LogP contribution in [0, 0.1) is 6.92 Å². The Kier molecular flexibility index (Phi) is 3.91. The molecule has 0 aliphatic carbocycles. The highest BCUT2D eigenvalue weighted by molar-refractivity contribution is 5.59. The minimum Gasteiger partial charge on any atom is -0.389 e. The zero-order chi connectivity index (χ0) is 14.2. The van der Waals surface area contributed by atoms with E-state index in [0.717, 1.165) is 23.0 Å². The molecule has 19 heavy (non-hydrogen) atoms. The zero-order valence-corrected chi connectivity index (χ0v) is 11.9. The van der Waals surface area contributed by atoms with Gasteiger partial charge in [0.2, 0.25) is 0 Å². The maximum Gasteiger partial charge on any atom is 0.137 e. The topological polar surface area (TPSA) is 81.5 Å². The Morgan fingerprint density at radius 2 is 1.79 bits per heavy atom. The summed E-state index contributed by atoms with van der Waals surface area (Å²) in [5, 5.41) is 22.4. The van der Waals surface area contributed by atoms with E-state index >= 15 is 0 Å². The Balaban J connectivity index is 2.41. The summed E-state index contributed by atoms with van der Waals surface area (Å²) < 4.78 is 0. The van der Waals surface area contributed by atoms with E-state index < -0.39 is 12.2 Å². The summed E-state index contributed by atoms with van der Waals surface area (Å²) in [4.78, 5) is 11.0. The molecule has 0 radical (unpaired) electrons. The molecule has 0 bridgehead atoms. The molecule has 6 nitrogen and oxygen atoms in total. The fourth-order valence-corrected chi connectivity index (χ4v) is 2.27. The van der Waals surface area contributed by atoms with Gasteiger partial charge in [0.05, 0.1) is 12.2 Å². The molecule has 1 aromatic rings. The highest BCUT2D eigenvalue weighted by Gasteiger charge is 2.32. The third-order valence-corrected chi connectivity index (χ3v) is 3.45. The lowest BCUT2D eigenvalue weighted by atomic mass is 10.2. The van der Waals surface area contributed by atoms with Crippen molar-refractivity contribution in [3.8, 4) is 0 Å². The first-order valence-corrected chi connectivity index (χ1v) is 6.61. The fourth-order valence-electron chi connectivity index (χ4n) is 2.27. The molecule has 0 aromatic carbocycles. The number of nitrogens with one attached hydrogen (secondary N) is 1. The SMILES string of the molecule is CNc1nc(C(C)C)nc(N2CC(O)C(O)C2)c1C. The number of rotatable bonds is 3. The molecule has 1 aliphatic rings. The van der Waals surface area contributed by atoms with Crippen molar-refractivity contribution in [1.29, 1.82) is 0 Å². The highest BCUT2D eigenvalue weighted by atomic mass is 16.3. The molecule has 1 fully saturated rings. The summed E-state index contributed by atoms with van der Waals surface area (Å²) in [6.45, 7) is 6.84. The maximum atomic E-state index is 9.67. The molecule has 0 amide bonds. The molecule has 1 saturated heterocycles. The standard InChI is InChI=1S/C13H22N4O2/c1-7(2)11-15-12(14-4)8(3)13(16-11)17-5-9(18)10(19)6-17/h7,9-10,18-19H,5-6H2,1-4H3,(H,14,15,16). The van der Waals surface area contributed by atoms with Crippen LogP contribution in [0.2, 0.25) is 0 Å². The smallest absolute Gasteiger partial charge is 0.137 e. The molecule has 3 N–H and O–H groups in total. The van der Waals surface area contributed by atoms with Crippen molar-refractivity contribution in [1.82, 2.24) is 9.97 Å². The lowest BCUT2D eigenvalue weighted by Gasteiger charge is -2.22. The second kappa shape index (κ2) is 5.30. The van der Waals surface area contributed by atoms with E-state index in [1.165, 1.54) is 0 Å². The number of aromatic nitrogens is 2. The van der Waals surface area contributed by atoms with Gasteiger partial charge in [0.15, 0.2) is 0 Å². The lowest BCUT2D eigenvalue weighted by Crippen LogP contribution is -2.24. The molecule has 0 spiro atoms. The van der Waals surface area contributed by atoms with Gasteiger partial charge in [-0.15, -0.1) is 0 Å². The van der Waals surface area contributed by atoms with Gasteiger partial charge in [-0.05, 0) is 6.92 Å². The molecule has 2 heterocycles. The van der Waals surface area contributed by atoms with E-state index in [1.807, 2.05) is 32.7 Å². The molecule has 2 atom stereocenters. The average molecular weight is 266 g/mol. The Morgan fingerprint density at radius 3 is 2.26 bits per heavy atom. The Morgan fingerprint density at radius 1 is 1.21 bits per heavy atom. The third kappa shape index (κ3) is 2.64. The molecular weight excluding hydrogens is 244 g/mol. The van der Waals surface area contributed by atoms with Crippen LogP contribution in [-0.2, 0) is 0 Å².